The molecule has 5 rings (SSSR count). The van der Waals surface area contributed by atoms with Crippen molar-refractivity contribution in [2.45, 2.75) is 64.7 Å². The summed E-state index contributed by atoms with van der Waals surface area (Å²) in [5.41, 5.74) is 4.36. The highest BCUT2D eigenvalue weighted by atomic mass is 15.1. The van der Waals surface area contributed by atoms with Crippen LogP contribution in [0.1, 0.15) is 51.2 Å². The van der Waals surface area contributed by atoms with Gasteiger partial charge in [0.1, 0.15) is 0 Å². The molecule has 1 saturated carbocycles. The third-order valence-electron chi connectivity index (χ3n) is 6.46. The number of hydrogen-bond acceptors (Lipinski definition) is 4. The minimum atomic E-state index is 0.185. The molecular weight excluding hydrogens is 396 g/mol. The maximum atomic E-state index is 4.99. The summed E-state index contributed by atoms with van der Waals surface area (Å²) in [6.45, 7) is 6.06. The molecule has 1 aliphatic carbocycles. The number of aromatic nitrogens is 4. The Morgan fingerprint density at radius 2 is 1.19 bits per heavy atom. The van der Waals surface area contributed by atoms with Crippen molar-refractivity contribution in [3.05, 3.63) is 60.2 Å². The van der Waals surface area contributed by atoms with Crippen molar-refractivity contribution in [2.75, 3.05) is 0 Å². The first-order valence-electron chi connectivity index (χ1n) is 11.8. The lowest BCUT2D eigenvalue weighted by atomic mass is 9.91. The molecule has 0 unspecified atom stereocenters. The molecule has 2 atom stereocenters. The molecule has 0 aliphatic heterocycles. The molecule has 32 heavy (non-hydrogen) atoms. The standard InChI is InChI=1S/C26H30N6/c1-3-31-23-15-9-7-13-21(23)29-25(31)17-27-19-11-5-6-12-20(19)28-18-26-30-22-14-8-10-16-24(22)32(26)4-2/h7-10,13-20H,3-6,11-12H2,1-2H3/t19-,20-/m0/s1. The minimum Gasteiger partial charge on any atom is -0.323 e. The van der Waals surface area contributed by atoms with Crippen LogP contribution in [0.5, 0.6) is 0 Å². The van der Waals surface area contributed by atoms with Crippen LogP contribution >= 0.6 is 0 Å². The van der Waals surface area contributed by atoms with E-state index in [1.165, 1.54) is 12.8 Å². The zero-order chi connectivity index (χ0) is 21.9. The van der Waals surface area contributed by atoms with Gasteiger partial charge in [-0.1, -0.05) is 37.1 Å². The van der Waals surface area contributed by atoms with Crippen molar-refractivity contribution in [3.63, 3.8) is 0 Å². The predicted octanol–water partition coefficient (Wildman–Crippen LogP) is 5.28. The van der Waals surface area contributed by atoms with E-state index in [4.69, 9.17) is 20.0 Å². The topological polar surface area (TPSA) is 60.4 Å². The van der Waals surface area contributed by atoms with Gasteiger partial charge in [0.05, 0.1) is 46.6 Å². The first-order chi connectivity index (χ1) is 15.8. The van der Waals surface area contributed by atoms with E-state index in [2.05, 4.69) is 59.4 Å². The van der Waals surface area contributed by atoms with E-state index in [0.29, 0.717) is 0 Å². The fraction of sp³-hybridized carbons (Fsp3) is 0.385. The number of fused-ring (bicyclic) bond motifs is 2. The number of aliphatic imine (C=N–C) groups is 2. The number of para-hydroxylation sites is 4. The summed E-state index contributed by atoms with van der Waals surface area (Å²) < 4.78 is 4.45. The smallest absolute Gasteiger partial charge is 0.151 e. The van der Waals surface area contributed by atoms with Gasteiger partial charge in [-0.05, 0) is 51.0 Å². The minimum absolute atomic E-state index is 0.185. The van der Waals surface area contributed by atoms with Crippen molar-refractivity contribution in [2.24, 2.45) is 9.98 Å². The molecule has 0 radical (unpaired) electrons. The lowest BCUT2D eigenvalue weighted by Gasteiger charge is -2.25. The Hall–Kier alpha value is -3.28. The van der Waals surface area contributed by atoms with Crippen LogP contribution in [-0.2, 0) is 13.1 Å². The Morgan fingerprint density at radius 3 is 1.62 bits per heavy atom. The number of aryl methyl sites for hydroxylation is 2. The van der Waals surface area contributed by atoms with Crippen LogP contribution < -0.4 is 0 Å². The fourth-order valence-corrected chi connectivity index (χ4v) is 4.81. The third-order valence-corrected chi connectivity index (χ3v) is 6.46. The monoisotopic (exact) mass is 426 g/mol. The zero-order valence-electron chi connectivity index (χ0n) is 18.9. The highest BCUT2D eigenvalue weighted by Crippen LogP contribution is 2.25. The van der Waals surface area contributed by atoms with E-state index in [1.807, 2.05) is 24.6 Å². The van der Waals surface area contributed by atoms with E-state index in [1.54, 1.807) is 0 Å². The average Bonchev–Trinajstić information content (AvgIpc) is 3.38. The first-order valence-corrected chi connectivity index (χ1v) is 11.8. The molecule has 0 spiro atoms. The molecule has 1 aliphatic rings. The van der Waals surface area contributed by atoms with E-state index in [-0.39, 0.29) is 12.1 Å². The number of imidazole rings is 2. The Labute approximate surface area is 188 Å². The first kappa shape index (κ1) is 20.6. The third kappa shape index (κ3) is 3.85. The second-order valence-corrected chi connectivity index (χ2v) is 8.38. The molecular formula is C26H30N6. The fourth-order valence-electron chi connectivity index (χ4n) is 4.81. The Morgan fingerprint density at radius 1 is 0.750 bits per heavy atom. The summed E-state index contributed by atoms with van der Waals surface area (Å²) in [7, 11) is 0. The number of benzene rings is 2. The Balaban J connectivity index is 1.40. The molecule has 6 nitrogen and oxygen atoms in total. The van der Waals surface area contributed by atoms with Crippen molar-refractivity contribution < 1.29 is 0 Å². The number of rotatable bonds is 6. The molecule has 164 valence electrons. The molecule has 6 heteroatoms. The normalized spacial score (nSPS) is 19.7. The molecule has 4 aromatic rings. The highest BCUT2D eigenvalue weighted by Gasteiger charge is 2.24. The number of nitrogens with zero attached hydrogens (tertiary/aromatic N) is 6. The van der Waals surface area contributed by atoms with Crippen molar-refractivity contribution in [1.29, 1.82) is 0 Å². The van der Waals surface area contributed by atoms with Gasteiger partial charge in [0.25, 0.3) is 0 Å². The van der Waals surface area contributed by atoms with Gasteiger partial charge < -0.3 is 9.13 Å². The summed E-state index contributed by atoms with van der Waals surface area (Å²) in [4.78, 5) is 19.6. The molecule has 0 bridgehead atoms. The second kappa shape index (κ2) is 9.07. The molecule has 2 heterocycles. The molecule has 2 aromatic heterocycles. The summed E-state index contributed by atoms with van der Waals surface area (Å²) in [6.07, 6.45) is 8.45. The Bertz CT molecular complexity index is 1180. The Kier molecular flexibility index (Phi) is 5.84. The van der Waals surface area contributed by atoms with E-state index in [0.717, 1.165) is 59.6 Å². The maximum Gasteiger partial charge on any atom is 0.151 e. The highest BCUT2D eigenvalue weighted by molar-refractivity contribution is 5.86. The second-order valence-electron chi connectivity index (χ2n) is 8.38. The van der Waals surface area contributed by atoms with Crippen LogP contribution in [0.3, 0.4) is 0 Å². The lowest BCUT2D eigenvalue weighted by molar-refractivity contribution is 0.390. The van der Waals surface area contributed by atoms with Gasteiger partial charge in [-0.3, -0.25) is 9.98 Å². The van der Waals surface area contributed by atoms with Gasteiger partial charge in [0.2, 0.25) is 0 Å². The largest absolute Gasteiger partial charge is 0.323 e. The molecule has 0 saturated heterocycles. The van der Waals surface area contributed by atoms with Gasteiger partial charge in [0, 0.05) is 13.1 Å². The van der Waals surface area contributed by atoms with E-state index >= 15 is 0 Å². The molecule has 1 fully saturated rings. The zero-order valence-corrected chi connectivity index (χ0v) is 18.9. The molecule has 0 amide bonds. The predicted molar refractivity (Wildman–Crippen MR) is 132 cm³/mol. The quantitative estimate of drug-likeness (QED) is 0.394. The summed E-state index contributed by atoms with van der Waals surface area (Å²) in [5, 5.41) is 0. The lowest BCUT2D eigenvalue weighted by Crippen LogP contribution is -2.27. The van der Waals surface area contributed by atoms with E-state index < -0.39 is 0 Å². The average molecular weight is 427 g/mol. The van der Waals surface area contributed by atoms with Gasteiger partial charge in [-0.2, -0.15) is 0 Å². The van der Waals surface area contributed by atoms with Crippen LogP contribution in [-0.4, -0.2) is 43.6 Å². The number of hydrogen-bond donors (Lipinski definition) is 0. The SMILES string of the molecule is CCn1c(C=N[C@H]2CCCC[C@@H]2N=Cc2nc3ccccc3n2CC)nc2ccccc21. The maximum absolute atomic E-state index is 4.99. The van der Waals surface area contributed by atoms with Gasteiger partial charge in [-0.25, -0.2) is 9.97 Å². The summed E-state index contributed by atoms with van der Waals surface area (Å²) in [5.74, 6) is 1.85. The van der Waals surface area contributed by atoms with Gasteiger partial charge in [-0.15, -0.1) is 0 Å². The van der Waals surface area contributed by atoms with Gasteiger partial charge in [0.15, 0.2) is 11.6 Å². The van der Waals surface area contributed by atoms with Crippen molar-refractivity contribution >= 4 is 34.5 Å². The van der Waals surface area contributed by atoms with Crippen molar-refractivity contribution in [3.8, 4) is 0 Å². The van der Waals surface area contributed by atoms with E-state index in [9.17, 15) is 0 Å². The van der Waals surface area contributed by atoms with Crippen molar-refractivity contribution in [1.82, 2.24) is 19.1 Å². The van der Waals surface area contributed by atoms with Crippen LogP contribution in [0.15, 0.2) is 58.5 Å². The summed E-state index contributed by atoms with van der Waals surface area (Å²) in [6, 6.07) is 16.9. The van der Waals surface area contributed by atoms with Gasteiger partial charge >= 0.3 is 0 Å². The van der Waals surface area contributed by atoms with Crippen LogP contribution in [0.4, 0.5) is 0 Å². The molecule has 0 N–H and O–H groups in total. The molecule has 2 aromatic carbocycles. The van der Waals surface area contributed by atoms with Crippen LogP contribution in [0.25, 0.3) is 22.1 Å². The van der Waals surface area contributed by atoms with Crippen LogP contribution in [0.2, 0.25) is 0 Å². The van der Waals surface area contributed by atoms with Crippen LogP contribution in [0, 0.1) is 0 Å². The summed E-state index contributed by atoms with van der Waals surface area (Å²) >= 11 is 0.